The number of hydrogen-bond donors (Lipinski definition) is 2. The van der Waals surface area contributed by atoms with E-state index in [1.165, 1.54) is 6.21 Å². The molecule has 0 aliphatic heterocycles. The van der Waals surface area contributed by atoms with Crippen LogP contribution in [0.25, 0.3) is 0 Å². The van der Waals surface area contributed by atoms with Crippen LogP contribution in [0.1, 0.15) is 33.4 Å². The monoisotopic (exact) mass is 479 g/mol. The van der Waals surface area contributed by atoms with Crippen molar-refractivity contribution in [2.24, 2.45) is 5.10 Å². The van der Waals surface area contributed by atoms with Crippen LogP contribution in [-0.4, -0.2) is 24.7 Å². The van der Waals surface area contributed by atoms with Gasteiger partial charge in [0.15, 0.2) is 5.76 Å². The topological polar surface area (TPSA) is 92.9 Å². The van der Waals surface area contributed by atoms with Gasteiger partial charge in [0.25, 0.3) is 5.91 Å². The van der Waals surface area contributed by atoms with Crippen molar-refractivity contribution in [3.8, 4) is 0 Å². The van der Waals surface area contributed by atoms with E-state index in [-0.39, 0.29) is 39.4 Å². The number of carbonyl (C=O) groups is 2. The zero-order chi connectivity index (χ0) is 22.4. The first-order chi connectivity index (χ1) is 14.9. The molecule has 0 aliphatic rings. The first-order valence-electron chi connectivity index (χ1n) is 9.00. The van der Waals surface area contributed by atoms with Gasteiger partial charge in [-0.25, -0.2) is 10.2 Å². The normalized spacial score (nSPS) is 10.8. The van der Waals surface area contributed by atoms with Gasteiger partial charge in [0, 0.05) is 10.7 Å². The Bertz CT molecular complexity index is 1130. The van der Waals surface area contributed by atoms with Gasteiger partial charge in [0.1, 0.15) is 10.6 Å². The number of furan rings is 1. The van der Waals surface area contributed by atoms with Crippen LogP contribution in [0.3, 0.4) is 0 Å². The average Bonchev–Trinajstić information content (AvgIpc) is 3.05. The molecule has 1 aromatic heterocycles. The van der Waals surface area contributed by atoms with Crippen LogP contribution in [0.2, 0.25) is 15.1 Å². The van der Waals surface area contributed by atoms with E-state index in [9.17, 15) is 9.59 Å². The smallest absolute Gasteiger partial charge is 0.345 e. The molecule has 2 N–H and O–H groups in total. The molecule has 0 unspecified atom stereocenters. The molecule has 2 aromatic carbocycles. The molecule has 1 amide bonds. The Labute approximate surface area is 192 Å². The first kappa shape index (κ1) is 22.7. The van der Waals surface area contributed by atoms with Crippen molar-refractivity contribution in [3.63, 3.8) is 0 Å². The minimum atomic E-state index is -0.674. The zero-order valence-corrected chi connectivity index (χ0v) is 18.4. The molecule has 0 radical (unpaired) electrons. The fraction of sp³-hybridized carbons (Fsp3) is 0.0952. The van der Waals surface area contributed by atoms with E-state index in [2.05, 4.69) is 15.8 Å². The average molecular weight is 481 g/mol. The molecule has 0 bridgehead atoms. The highest BCUT2D eigenvalue weighted by Gasteiger charge is 2.25. The zero-order valence-electron chi connectivity index (χ0n) is 16.1. The van der Waals surface area contributed by atoms with Gasteiger partial charge in [-0.05, 0) is 43.3 Å². The highest BCUT2D eigenvalue weighted by molar-refractivity contribution is 6.36. The SMILES string of the molecule is CCOC(=O)c1c(Nc2ccc(Cl)cc2)oc(/C=N\NC(=O)c2ccccc2Cl)c1Cl. The molecule has 160 valence electrons. The number of rotatable bonds is 7. The minimum absolute atomic E-state index is 0.00246. The first-order valence-corrected chi connectivity index (χ1v) is 10.1. The summed E-state index contributed by atoms with van der Waals surface area (Å²) in [4.78, 5) is 24.6. The van der Waals surface area contributed by atoms with Crippen molar-refractivity contribution in [1.29, 1.82) is 0 Å². The van der Waals surface area contributed by atoms with E-state index in [4.69, 9.17) is 44.0 Å². The van der Waals surface area contributed by atoms with E-state index in [0.29, 0.717) is 10.7 Å². The van der Waals surface area contributed by atoms with Crippen LogP contribution in [0.5, 0.6) is 0 Å². The van der Waals surface area contributed by atoms with Gasteiger partial charge < -0.3 is 14.5 Å². The van der Waals surface area contributed by atoms with Crippen LogP contribution in [0.4, 0.5) is 11.6 Å². The Balaban J connectivity index is 1.85. The van der Waals surface area contributed by atoms with Crippen molar-refractivity contribution in [1.82, 2.24) is 5.43 Å². The quantitative estimate of drug-likeness (QED) is 0.249. The highest BCUT2D eigenvalue weighted by atomic mass is 35.5. The van der Waals surface area contributed by atoms with Crippen LogP contribution in [0.15, 0.2) is 58.0 Å². The molecule has 0 saturated carbocycles. The summed E-state index contributed by atoms with van der Waals surface area (Å²) < 4.78 is 10.7. The molecule has 3 rings (SSSR count). The maximum Gasteiger partial charge on any atom is 0.345 e. The Morgan fingerprint density at radius 1 is 1.10 bits per heavy atom. The maximum atomic E-state index is 12.4. The lowest BCUT2D eigenvalue weighted by atomic mass is 10.2. The molecular formula is C21H16Cl3N3O4. The summed E-state index contributed by atoms with van der Waals surface area (Å²) >= 11 is 18.2. The van der Waals surface area contributed by atoms with Gasteiger partial charge in [0.05, 0.1) is 23.4 Å². The summed E-state index contributed by atoms with van der Waals surface area (Å²) in [6, 6.07) is 13.3. The summed E-state index contributed by atoms with van der Waals surface area (Å²) in [5.41, 5.74) is 3.19. The number of anilines is 2. The molecule has 0 atom stereocenters. The third kappa shape index (κ3) is 5.58. The molecule has 31 heavy (non-hydrogen) atoms. The van der Waals surface area contributed by atoms with Crippen LogP contribution in [0, 0.1) is 0 Å². The van der Waals surface area contributed by atoms with Crippen LogP contribution in [-0.2, 0) is 4.74 Å². The van der Waals surface area contributed by atoms with Gasteiger partial charge in [-0.15, -0.1) is 0 Å². The minimum Gasteiger partial charge on any atom is -0.462 e. The molecule has 7 nitrogen and oxygen atoms in total. The second-order valence-electron chi connectivity index (χ2n) is 6.02. The summed E-state index contributed by atoms with van der Waals surface area (Å²) in [7, 11) is 0. The molecular weight excluding hydrogens is 465 g/mol. The lowest BCUT2D eigenvalue weighted by Crippen LogP contribution is -2.17. The van der Waals surface area contributed by atoms with Gasteiger partial charge in [-0.1, -0.05) is 46.9 Å². The fourth-order valence-electron chi connectivity index (χ4n) is 2.50. The maximum absolute atomic E-state index is 12.4. The van der Waals surface area contributed by atoms with E-state index in [1.807, 2.05) is 0 Å². The molecule has 0 spiro atoms. The lowest BCUT2D eigenvalue weighted by Gasteiger charge is -2.06. The summed E-state index contributed by atoms with van der Waals surface area (Å²) in [6.45, 7) is 1.82. The van der Waals surface area contributed by atoms with E-state index >= 15 is 0 Å². The number of hydrogen-bond acceptors (Lipinski definition) is 6. The Morgan fingerprint density at radius 2 is 1.81 bits per heavy atom. The number of carbonyl (C=O) groups excluding carboxylic acids is 2. The second-order valence-corrected chi connectivity index (χ2v) is 7.24. The lowest BCUT2D eigenvalue weighted by molar-refractivity contribution is 0.0527. The summed E-state index contributed by atoms with van der Waals surface area (Å²) in [6.07, 6.45) is 1.17. The number of nitrogens with zero attached hydrogens (tertiary/aromatic N) is 1. The Kier molecular flexibility index (Phi) is 7.57. The third-order valence-corrected chi connectivity index (χ3v) is 4.88. The molecule has 3 aromatic rings. The molecule has 0 fully saturated rings. The highest BCUT2D eigenvalue weighted by Crippen LogP contribution is 2.34. The van der Waals surface area contributed by atoms with Crippen molar-refractivity contribution >= 4 is 64.5 Å². The van der Waals surface area contributed by atoms with Gasteiger partial charge in [-0.3, -0.25) is 4.79 Å². The molecule has 0 saturated heterocycles. The van der Waals surface area contributed by atoms with Crippen molar-refractivity contribution in [2.75, 3.05) is 11.9 Å². The number of ether oxygens (including phenoxy) is 1. The third-order valence-electron chi connectivity index (χ3n) is 3.92. The van der Waals surface area contributed by atoms with E-state index in [1.54, 1.807) is 55.5 Å². The predicted octanol–water partition coefficient (Wildman–Crippen LogP) is 5.92. The number of halogens is 3. The summed E-state index contributed by atoms with van der Waals surface area (Å²) in [5, 5.41) is 7.61. The number of esters is 1. The molecule has 10 heteroatoms. The number of benzene rings is 2. The van der Waals surface area contributed by atoms with Gasteiger partial charge in [-0.2, -0.15) is 5.10 Å². The second kappa shape index (κ2) is 10.3. The van der Waals surface area contributed by atoms with Crippen molar-refractivity contribution in [2.45, 2.75) is 6.92 Å². The Hall–Kier alpha value is -3.00. The van der Waals surface area contributed by atoms with Crippen molar-refractivity contribution < 1.29 is 18.7 Å². The van der Waals surface area contributed by atoms with E-state index in [0.717, 1.165) is 0 Å². The fourth-order valence-corrected chi connectivity index (χ4v) is 3.10. The standard InChI is InChI=1S/C21H16Cl3N3O4/c1-2-30-21(29)17-18(24)16(31-20(17)26-13-9-7-12(22)8-10-13)11-25-27-19(28)14-5-3-4-6-15(14)23/h3-11,26H,2H2,1H3,(H,27,28)/b25-11-. The molecule has 0 aliphatic carbocycles. The van der Waals surface area contributed by atoms with Crippen molar-refractivity contribution in [3.05, 3.63) is 80.5 Å². The largest absolute Gasteiger partial charge is 0.462 e. The number of nitrogens with one attached hydrogen (secondary N) is 2. The van der Waals surface area contributed by atoms with E-state index < -0.39 is 11.9 Å². The predicted molar refractivity (Wildman–Crippen MR) is 121 cm³/mol. The van der Waals surface area contributed by atoms with Gasteiger partial charge >= 0.3 is 5.97 Å². The van der Waals surface area contributed by atoms with Gasteiger partial charge in [0.2, 0.25) is 5.88 Å². The summed E-state index contributed by atoms with van der Waals surface area (Å²) in [5.74, 6) is -1.09. The number of amides is 1. The Morgan fingerprint density at radius 3 is 2.48 bits per heavy atom. The van der Waals surface area contributed by atoms with Crippen LogP contribution < -0.4 is 10.7 Å². The number of hydrazone groups is 1. The van der Waals surface area contributed by atoms with Crippen LogP contribution >= 0.6 is 34.8 Å². The molecule has 1 heterocycles.